The highest BCUT2D eigenvalue weighted by Gasteiger charge is 2.19. The van der Waals surface area contributed by atoms with Gasteiger partial charge in [-0.1, -0.05) is 30.3 Å². The molecule has 2 nitrogen and oxygen atoms in total. The van der Waals surface area contributed by atoms with E-state index < -0.39 is 12.3 Å². The molecule has 1 rings (SSSR count). The monoisotopic (exact) mass is 227 g/mol. The molecular weight excluding hydrogens is 212 g/mol. The van der Waals surface area contributed by atoms with Crippen LogP contribution >= 0.6 is 0 Å². The molecule has 0 fully saturated rings. The van der Waals surface area contributed by atoms with Crippen LogP contribution in [-0.4, -0.2) is 30.8 Å². The third-order valence-electron chi connectivity index (χ3n) is 2.36. The molecule has 0 aliphatic carbocycles. The SMILES string of the molecule is CN(CCCc1ccccc1)C(=O)C(F)F. The number of nitrogens with zero attached hydrogens (tertiary/aromatic N) is 1. The van der Waals surface area contributed by atoms with Gasteiger partial charge in [-0.2, -0.15) is 8.78 Å². The second kappa shape index (κ2) is 6.20. The Morgan fingerprint density at radius 2 is 1.94 bits per heavy atom. The molecule has 0 heterocycles. The normalized spacial score (nSPS) is 10.5. The van der Waals surface area contributed by atoms with E-state index in [1.165, 1.54) is 7.05 Å². The number of hydrogen-bond acceptors (Lipinski definition) is 1. The highest BCUT2D eigenvalue weighted by molar-refractivity contribution is 5.78. The van der Waals surface area contributed by atoms with E-state index in [0.29, 0.717) is 13.0 Å². The number of halogens is 2. The van der Waals surface area contributed by atoms with Crippen molar-refractivity contribution in [3.05, 3.63) is 35.9 Å². The summed E-state index contributed by atoms with van der Waals surface area (Å²) in [5.41, 5.74) is 1.15. The maximum absolute atomic E-state index is 12.0. The van der Waals surface area contributed by atoms with Gasteiger partial charge < -0.3 is 4.90 Å². The average Bonchev–Trinajstić information content (AvgIpc) is 2.29. The molecule has 0 aromatic heterocycles. The third kappa shape index (κ3) is 3.96. The van der Waals surface area contributed by atoms with Crippen LogP contribution in [0.15, 0.2) is 30.3 Å². The first-order valence-electron chi connectivity index (χ1n) is 5.18. The minimum absolute atomic E-state index is 0.359. The van der Waals surface area contributed by atoms with Gasteiger partial charge >= 0.3 is 6.43 Å². The van der Waals surface area contributed by atoms with Crippen molar-refractivity contribution in [3.8, 4) is 0 Å². The molecule has 88 valence electrons. The summed E-state index contributed by atoms with van der Waals surface area (Å²) in [7, 11) is 1.40. The maximum Gasteiger partial charge on any atom is 0.315 e. The van der Waals surface area contributed by atoms with Crippen LogP contribution in [0.25, 0.3) is 0 Å². The largest absolute Gasteiger partial charge is 0.341 e. The van der Waals surface area contributed by atoms with Gasteiger partial charge in [0, 0.05) is 13.6 Å². The van der Waals surface area contributed by atoms with Crippen molar-refractivity contribution in [2.75, 3.05) is 13.6 Å². The van der Waals surface area contributed by atoms with Gasteiger partial charge in [0.05, 0.1) is 0 Å². The number of rotatable bonds is 5. The van der Waals surface area contributed by atoms with Crippen molar-refractivity contribution in [1.29, 1.82) is 0 Å². The van der Waals surface area contributed by atoms with Gasteiger partial charge in [0.1, 0.15) is 0 Å². The lowest BCUT2D eigenvalue weighted by Crippen LogP contribution is -2.32. The lowest BCUT2D eigenvalue weighted by atomic mass is 10.1. The van der Waals surface area contributed by atoms with E-state index in [9.17, 15) is 13.6 Å². The first-order valence-corrected chi connectivity index (χ1v) is 5.18. The molecule has 0 radical (unpaired) electrons. The summed E-state index contributed by atoms with van der Waals surface area (Å²) in [6.07, 6.45) is -1.41. The molecule has 1 amide bonds. The van der Waals surface area contributed by atoms with Crippen LogP contribution in [-0.2, 0) is 11.2 Å². The number of carbonyl (C=O) groups excluding carboxylic acids is 1. The summed E-state index contributed by atoms with van der Waals surface area (Å²) in [6, 6.07) is 9.76. The fraction of sp³-hybridized carbons (Fsp3) is 0.417. The van der Waals surface area contributed by atoms with Gasteiger partial charge in [-0.3, -0.25) is 4.79 Å². The van der Waals surface area contributed by atoms with Gasteiger partial charge in [0.15, 0.2) is 0 Å². The smallest absolute Gasteiger partial charge is 0.315 e. The number of amides is 1. The average molecular weight is 227 g/mol. The zero-order valence-corrected chi connectivity index (χ0v) is 9.20. The van der Waals surface area contributed by atoms with Crippen molar-refractivity contribution in [2.45, 2.75) is 19.3 Å². The molecule has 0 saturated heterocycles. The second-order valence-electron chi connectivity index (χ2n) is 3.65. The molecule has 1 aromatic carbocycles. The van der Waals surface area contributed by atoms with E-state index in [2.05, 4.69) is 0 Å². The molecule has 1 aromatic rings. The van der Waals surface area contributed by atoms with E-state index >= 15 is 0 Å². The summed E-state index contributed by atoms with van der Waals surface area (Å²) >= 11 is 0. The van der Waals surface area contributed by atoms with Gasteiger partial charge in [-0.25, -0.2) is 0 Å². The summed E-state index contributed by atoms with van der Waals surface area (Å²) in [5, 5.41) is 0. The Morgan fingerprint density at radius 1 is 1.31 bits per heavy atom. The van der Waals surface area contributed by atoms with Crippen LogP contribution in [0, 0.1) is 0 Å². The lowest BCUT2D eigenvalue weighted by molar-refractivity contribution is -0.141. The first-order chi connectivity index (χ1) is 7.61. The topological polar surface area (TPSA) is 20.3 Å². The lowest BCUT2D eigenvalue weighted by Gasteiger charge is -2.16. The summed E-state index contributed by atoms with van der Waals surface area (Å²) in [4.78, 5) is 11.9. The molecule has 0 saturated carbocycles. The maximum atomic E-state index is 12.0. The van der Waals surface area contributed by atoms with E-state index in [0.717, 1.165) is 16.9 Å². The van der Waals surface area contributed by atoms with Crippen LogP contribution in [0.2, 0.25) is 0 Å². The highest BCUT2D eigenvalue weighted by atomic mass is 19.3. The van der Waals surface area contributed by atoms with Gasteiger partial charge in [-0.05, 0) is 18.4 Å². The predicted molar refractivity (Wildman–Crippen MR) is 58.4 cm³/mol. The van der Waals surface area contributed by atoms with E-state index in [1.54, 1.807) is 0 Å². The standard InChI is InChI=1S/C12H15F2NO/c1-15(12(16)11(13)14)9-5-8-10-6-3-2-4-7-10/h2-4,6-7,11H,5,8-9H2,1H3. The summed E-state index contributed by atoms with van der Waals surface area (Å²) < 4.78 is 24.1. The summed E-state index contributed by atoms with van der Waals surface area (Å²) in [5.74, 6) is -1.10. The van der Waals surface area contributed by atoms with Gasteiger partial charge in [-0.15, -0.1) is 0 Å². The Morgan fingerprint density at radius 3 is 2.50 bits per heavy atom. The molecule has 0 bridgehead atoms. The van der Waals surface area contributed by atoms with Crippen LogP contribution < -0.4 is 0 Å². The van der Waals surface area contributed by atoms with Crippen LogP contribution in [0.5, 0.6) is 0 Å². The molecule has 4 heteroatoms. The Balaban J connectivity index is 2.28. The Labute approximate surface area is 93.9 Å². The molecule has 0 spiro atoms. The van der Waals surface area contributed by atoms with Crippen molar-refractivity contribution in [3.63, 3.8) is 0 Å². The zero-order valence-electron chi connectivity index (χ0n) is 9.20. The minimum Gasteiger partial charge on any atom is -0.341 e. The minimum atomic E-state index is -2.90. The molecule has 16 heavy (non-hydrogen) atoms. The number of benzene rings is 1. The fourth-order valence-corrected chi connectivity index (χ4v) is 1.44. The van der Waals surface area contributed by atoms with Crippen molar-refractivity contribution in [1.82, 2.24) is 4.90 Å². The molecule has 0 atom stereocenters. The molecule has 0 aliphatic rings. The van der Waals surface area contributed by atoms with E-state index in [1.807, 2.05) is 30.3 Å². The zero-order chi connectivity index (χ0) is 12.0. The van der Waals surface area contributed by atoms with Crippen LogP contribution in [0.3, 0.4) is 0 Å². The second-order valence-corrected chi connectivity index (χ2v) is 3.65. The molecule has 0 aliphatic heterocycles. The molecule has 0 unspecified atom stereocenters. The quantitative estimate of drug-likeness (QED) is 0.756. The third-order valence-corrected chi connectivity index (χ3v) is 2.36. The van der Waals surface area contributed by atoms with Crippen molar-refractivity contribution in [2.24, 2.45) is 0 Å². The fourth-order valence-electron chi connectivity index (χ4n) is 1.44. The van der Waals surface area contributed by atoms with Gasteiger partial charge in [0.2, 0.25) is 0 Å². The number of alkyl halides is 2. The van der Waals surface area contributed by atoms with E-state index in [4.69, 9.17) is 0 Å². The van der Waals surface area contributed by atoms with Crippen molar-refractivity contribution >= 4 is 5.91 Å². The Kier molecular flexibility index (Phi) is 4.89. The Bertz CT molecular complexity index is 327. The van der Waals surface area contributed by atoms with Crippen LogP contribution in [0.4, 0.5) is 8.78 Å². The van der Waals surface area contributed by atoms with Crippen molar-refractivity contribution < 1.29 is 13.6 Å². The molecule has 0 N–H and O–H groups in total. The summed E-state index contributed by atoms with van der Waals surface area (Å²) in [6.45, 7) is 0.359. The highest BCUT2D eigenvalue weighted by Crippen LogP contribution is 2.04. The Hall–Kier alpha value is -1.45. The van der Waals surface area contributed by atoms with Crippen LogP contribution in [0.1, 0.15) is 12.0 Å². The van der Waals surface area contributed by atoms with E-state index in [-0.39, 0.29) is 0 Å². The number of carbonyl (C=O) groups is 1. The first kappa shape index (κ1) is 12.6. The number of aryl methyl sites for hydroxylation is 1. The molecular formula is C12H15F2NO. The predicted octanol–water partition coefficient (Wildman–Crippen LogP) is 2.34. The van der Waals surface area contributed by atoms with Gasteiger partial charge in [0.25, 0.3) is 5.91 Å². The number of hydrogen-bond donors (Lipinski definition) is 0.